The molecule has 0 saturated carbocycles. The minimum absolute atomic E-state index is 0.0981. The molecule has 29 heavy (non-hydrogen) atoms. The summed E-state index contributed by atoms with van der Waals surface area (Å²) in [5.74, 6) is 1.80. The summed E-state index contributed by atoms with van der Waals surface area (Å²) in [6, 6.07) is 11.0. The fourth-order valence-corrected chi connectivity index (χ4v) is 4.31. The van der Waals surface area contributed by atoms with E-state index in [1.807, 2.05) is 38.1 Å². The highest BCUT2D eigenvalue weighted by atomic mass is 35.5. The number of alkyl halides is 2. The molecule has 0 bridgehead atoms. The summed E-state index contributed by atoms with van der Waals surface area (Å²) >= 11 is 11.6. The molecule has 0 N–H and O–H groups in total. The fourth-order valence-electron chi connectivity index (χ4n) is 3.57. The van der Waals surface area contributed by atoms with Crippen LogP contribution in [0.2, 0.25) is 0 Å². The summed E-state index contributed by atoms with van der Waals surface area (Å²) in [5, 5.41) is 1.72. The minimum Gasteiger partial charge on any atom is -0.456 e. The second kappa shape index (κ2) is 9.77. The SMILES string of the molecule is CC(CCCl)CC(=O)c1ccc2oc3ccc(C(=O)CC(C)CCCl)cc3c2c1. The quantitative estimate of drug-likeness (QED) is 0.250. The number of fused-ring (bicyclic) bond motifs is 3. The van der Waals surface area contributed by atoms with Crippen molar-refractivity contribution < 1.29 is 14.0 Å². The zero-order chi connectivity index (χ0) is 21.0. The predicted molar refractivity (Wildman–Crippen MR) is 121 cm³/mol. The van der Waals surface area contributed by atoms with E-state index in [0.29, 0.717) is 46.9 Å². The third kappa shape index (κ3) is 5.21. The summed E-state index contributed by atoms with van der Waals surface area (Å²) in [5.41, 5.74) is 2.75. The highest BCUT2D eigenvalue weighted by molar-refractivity contribution is 6.18. The molecule has 0 aliphatic carbocycles. The molecule has 3 rings (SSSR count). The first-order valence-corrected chi connectivity index (χ1v) is 11.1. The maximum atomic E-state index is 12.7. The Morgan fingerprint density at radius 1 is 0.793 bits per heavy atom. The molecule has 0 aliphatic heterocycles. The Hall–Kier alpha value is -1.84. The van der Waals surface area contributed by atoms with Gasteiger partial charge in [-0.25, -0.2) is 0 Å². The summed E-state index contributed by atoms with van der Waals surface area (Å²) < 4.78 is 5.90. The van der Waals surface area contributed by atoms with Crippen LogP contribution in [0, 0.1) is 11.8 Å². The van der Waals surface area contributed by atoms with Gasteiger partial charge in [-0.05, 0) is 61.1 Å². The maximum absolute atomic E-state index is 12.7. The van der Waals surface area contributed by atoms with Gasteiger partial charge in [0.25, 0.3) is 0 Å². The highest BCUT2D eigenvalue weighted by Crippen LogP contribution is 2.31. The molecule has 0 fully saturated rings. The monoisotopic (exact) mass is 432 g/mol. The molecule has 0 spiro atoms. The van der Waals surface area contributed by atoms with Crippen LogP contribution < -0.4 is 0 Å². The topological polar surface area (TPSA) is 47.3 Å². The van der Waals surface area contributed by atoms with Crippen molar-refractivity contribution in [2.75, 3.05) is 11.8 Å². The largest absolute Gasteiger partial charge is 0.456 e. The Bertz CT molecular complexity index is 941. The van der Waals surface area contributed by atoms with Crippen LogP contribution in [0.3, 0.4) is 0 Å². The molecular formula is C24H26Cl2O3. The van der Waals surface area contributed by atoms with Crippen LogP contribution in [-0.2, 0) is 0 Å². The van der Waals surface area contributed by atoms with Crippen molar-refractivity contribution in [3.8, 4) is 0 Å². The van der Waals surface area contributed by atoms with E-state index in [2.05, 4.69) is 0 Å². The van der Waals surface area contributed by atoms with Crippen molar-refractivity contribution in [2.24, 2.45) is 11.8 Å². The van der Waals surface area contributed by atoms with Crippen LogP contribution in [0.4, 0.5) is 0 Å². The molecule has 2 atom stereocenters. The van der Waals surface area contributed by atoms with E-state index in [1.165, 1.54) is 0 Å². The predicted octanol–water partition coefficient (Wildman–Crippen LogP) is 7.26. The number of carbonyl (C=O) groups is 2. The molecule has 2 aromatic carbocycles. The summed E-state index contributed by atoms with van der Waals surface area (Å²) in [6.45, 7) is 4.07. The summed E-state index contributed by atoms with van der Waals surface area (Å²) in [6.07, 6.45) is 2.57. The van der Waals surface area contributed by atoms with Gasteiger partial charge in [0.1, 0.15) is 11.2 Å². The Morgan fingerprint density at radius 2 is 1.21 bits per heavy atom. The van der Waals surface area contributed by atoms with Gasteiger partial charge >= 0.3 is 0 Å². The Morgan fingerprint density at radius 3 is 1.59 bits per heavy atom. The van der Waals surface area contributed by atoms with Crippen LogP contribution in [-0.4, -0.2) is 23.3 Å². The molecular weight excluding hydrogens is 407 g/mol. The lowest BCUT2D eigenvalue weighted by Gasteiger charge is -2.08. The first-order valence-electron chi connectivity index (χ1n) is 10.1. The van der Waals surface area contributed by atoms with Crippen LogP contribution in [0.15, 0.2) is 40.8 Å². The van der Waals surface area contributed by atoms with Crippen molar-refractivity contribution in [2.45, 2.75) is 39.5 Å². The zero-order valence-electron chi connectivity index (χ0n) is 16.8. The Balaban J connectivity index is 1.91. The van der Waals surface area contributed by atoms with Crippen molar-refractivity contribution in [1.29, 1.82) is 0 Å². The molecule has 1 heterocycles. The molecule has 3 nitrogen and oxygen atoms in total. The van der Waals surface area contributed by atoms with Crippen LogP contribution in [0.5, 0.6) is 0 Å². The first-order chi connectivity index (χ1) is 13.9. The van der Waals surface area contributed by atoms with E-state index in [0.717, 1.165) is 23.6 Å². The Labute approximate surface area is 181 Å². The molecule has 0 aliphatic rings. The number of benzene rings is 2. The van der Waals surface area contributed by atoms with Gasteiger partial charge in [-0.15, -0.1) is 23.2 Å². The van der Waals surface area contributed by atoms with Crippen molar-refractivity contribution in [1.82, 2.24) is 0 Å². The lowest BCUT2D eigenvalue weighted by molar-refractivity contribution is 0.0955. The second-order valence-electron chi connectivity index (χ2n) is 7.94. The van der Waals surface area contributed by atoms with Gasteiger partial charge in [-0.1, -0.05) is 13.8 Å². The maximum Gasteiger partial charge on any atom is 0.163 e. The number of Topliss-reactive ketones (excluding diaryl/α,β-unsaturated/α-hetero) is 2. The third-order valence-electron chi connectivity index (χ3n) is 5.38. The van der Waals surface area contributed by atoms with Crippen molar-refractivity contribution >= 4 is 56.7 Å². The number of ketones is 2. The Kier molecular flexibility index (Phi) is 7.37. The van der Waals surface area contributed by atoms with Crippen molar-refractivity contribution in [3.05, 3.63) is 47.5 Å². The standard InChI is InChI=1S/C24H26Cl2O3/c1-15(7-9-25)11-21(27)17-3-5-23-19(13-17)20-14-18(4-6-24(20)29-23)22(28)12-16(2)8-10-26/h3-6,13-16H,7-12H2,1-2H3. The molecule has 0 amide bonds. The number of hydrogen-bond donors (Lipinski definition) is 0. The average molecular weight is 433 g/mol. The number of rotatable bonds is 10. The third-order valence-corrected chi connectivity index (χ3v) is 5.82. The number of carbonyl (C=O) groups excluding carboxylic acids is 2. The fraction of sp³-hybridized carbons (Fsp3) is 0.417. The molecule has 2 unspecified atom stereocenters. The molecule has 154 valence electrons. The molecule has 5 heteroatoms. The van der Waals surface area contributed by atoms with E-state index in [1.54, 1.807) is 12.1 Å². The lowest BCUT2D eigenvalue weighted by atomic mass is 9.95. The van der Waals surface area contributed by atoms with E-state index in [-0.39, 0.29) is 23.4 Å². The number of furan rings is 1. The summed E-state index contributed by atoms with van der Waals surface area (Å²) in [4.78, 5) is 25.3. The van der Waals surface area contributed by atoms with Crippen molar-refractivity contribution in [3.63, 3.8) is 0 Å². The van der Waals surface area contributed by atoms with Crippen LogP contribution in [0.1, 0.15) is 60.2 Å². The van der Waals surface area contributed by atoms with Gasteiger partial charge in [0.2, 0.25) is 0 Å². The molecule has 0 saturated heterocycles. The van der Waals surface area contributed by atoms with E-state index in [9.17, 15) is 9.59 Å². The van der Waals surface area contributed by atoms with Crippen LogP contribution >= 0.6 is 23.2 Å². The minimum atomic E-state index is 0.0981. The second-order valence-corrected chi connectivity index (χ2v) is 8.70. The first kappa shape index (κ1) is 21.9. The van der Waals surface area contributed by atoms with Gasteiger partial charge in [0.15, 0.2) is 11.6 Å². The van der Waals surface area contributed by atoms with Gasteiger partial charge < -0.3 is 4.42 Å². The van der Waals surface area contributed by atoms with E-state index >= 15 is 0 Å². The molecule has 3 aromatic rings. The number of halogens is 2. The van der Waals surface area contributed by atoms with E-state index < -0.39 is 0 Å². The highest BCUT2D eigenvalue weighted by Gasteiger charge is 2.16. The van der Waals surface area contributed by atoms with Gasteiger partial charge in [0.05, 0.1) is 0 Å². The smallest absolute Gasteiger partial charge is 0.163 e. The van der Waals surface area contributed by atoms with Gasteiger partial charge in [-0.3, -0.25) is 9.59 Å². The summed E-state index contributed by atoms with van der Waals surface area (Å²) in [7, 11) is 0. The number of hydrogen-bond acceptors (Lipinski definition) is 3. The van der Waals surface area contributed by atoms with E-state index in [4.69, 9.17) is 27.6 Å². The van der Waals surface area contributed by atoms with Crippen LogP contribution in [0.25, 0.3) is 21.9 Å². The van der Waals surface area contributed by atoms with Gasteiger partial charge in [-0.2, -0.15) is 0 Å². The molecule has 0 radical (unpaired) electrons. The lowest BCUT2D eigenvalue weighted by Crippen LogP contribution is -2.07. The average Bonchev–Trinajstić information content (AvgIpc) is 3.05. The molecule has 1 aromatic heterocycles. The zero-order valence-corrected chi connectivity index (χ0v) is 18.4. The van der Waals surface area contributed by atoms with Gasteiger partial charge in [0, 0.05) is 46.5 Å². The normalized spacial score (nSPS) is 13.7.